The van der Waals surface area contributed by atoms with Crippen LogP contribution < -0.4 is 0 Å². The van der Waals surface area contributed by atoms with E-state index in [1.807, 2.05) is 19.1 Å². The topological polar surface area (TPSA) is 112 Å². The molecule has 0 aliphatic carbocycles. The van der Waals surface area contributed by atoms with Crippen molar-refractivity contribution in [3.63, 3.8) is 0 Å². The molecule has 9 heteroatoms. The second-order valence-electron chi connectivity index (χ2n) is 6.72. The molecule has 1 amide bonds. The van der Waals surface area contributed by atoms with Crippen LogP contribution in [0.25, 0.3) is 11.4 Å². The zero-order valence-electron chi connectivity index (χ0n) is 16.8. The van der Waals surface area contributed by atoms with Crippen LogP contribution in [0.4, 0.5) is 5.69 Å². The van der Waals surface area contributed by atoms with E-state index in [2.05, 4.69) is 10.1 Å². The van der Waals surface area contributed by atoms with Crippen LogP contribution in [-0.2, 0) is 11.2 Å². The Morgan fingerprint density at radius 2 is 1.97 bits per heavy atom. The van der Waals surface area contributed by atoms with Gasteiger partial charge in [-0.2, -0.15) is 4.98 Å². The Balaban J connectivity index is 1.70. The number of hydrogen-bond acceptors (Lipinski definition) is 7. The number of aromatic nitrogens is 2. The van der Waals surface area contributed by atoms with Crippen molar-refractivity contribution in [2.75, 3.05) is 26.8 Å². The number of nitro benzene ring substituents is 1. The summed E-state index contributed by atoms with van der Waals surface area (Å²) in [6.45, 7) is 3.16. The van der Waals surface area contributed by atoms with Gasteiger partial charge in [-0.3, -0.25) is 14.9 Å². The molecule has 3 aromatic rings. The smallest absolute Gasteiger partial charge is 0.270 e. The Labute approximate surface area is 173 Å². The predicted molar refractivity (Wildman–Crippen MR) is 109 cm³/mol. The maximum atomic E-state index is 12.9. The highest BCUT2D eigenvalue weighted by Gasteiger charge is 2.18. The standard InChI is InChI=1S/C21H22N4O5/c1-15-6-8-16(9-7-15)21(26)24(12-13-29-2)11-10-19-22-20(23-30-19)17-4-3-5-18(14-17)25(27)28/h3-9,14H,10-13H2,1-2H3. The van der Waals surface area contributed by atoms with Gasteiger partial charge in [0.05, 0.1) is 11.5 Å². The summed E-state index contributed by atoms with van der Waals surface area (Å²) in [6, 6.07) is 13.4. The Bertz CT molecular complexity index is 1020. The van der Waals surface area contributed by atoms with Crippen molar-refractivity contribution < 1.29 is 19.0 Å². The van der Waals surface area contributed by atoms with Gasteiger partial charge in [-0.1, -0.05) is 35.0 Å². The highest BCUT2D eigenvalue weighted by molar-refractivity contribution is 5.94. The van der Waals surface area contributed by atoms with Gasteiger partial charge in [0.2, 0.25) is 11.7 Å². The zero-order valence-corrected chi connectivity index (χ0v) is 16.8. The van der Waals surface area contributed by atoms with Gasteiger partial charge in [-0.05, 0) is 19.1 Å². The van der Waals surface area contributed by atoms with Crippen molar-refractivity contribution in [3.8, 4) is 11.4 Å². The first kappa shape index (κ1) is 21.1. The molecule has 0 unspecified atom stereocenters. The third-order valence-electron chi connectivity index (χ3n) is 4.53. The van der Waals surface area contributed by atoms with E-state index >= 15 is 0 Å². The molecule has 0 N–H and O–H groups in total. The number of nitrogens with zero attached hydrogens (tertiary/aromatic N) is 4. The molecule has 2 aromatic carbocycles. The molecule has 0 radical (unpaired) electrons. The van der Waals surface area contributed by atoms with Gasteiger partial charge in [0.15, 0.2) is 0 Å². The monoisotopic (exact) mass is 410 g/mol. The number of carbonyl (C=O) groups is 1. The number of non-ortho nitro benzene ring substituents is 1. The minimum Gasteiger partial charge on any atom is -0.383 e. The second-order valence-corrected chi connectivity index (χ2v) is 6.72. The van der Waals surface area contributed by atoms with Gasteiger partial charge < -0.3 is 14.2 Å². The molecule has 0 spiro atoms. The number of ether oxygens (including phenoxy) is 1. The Morgan fingerprint density at radius 3 is 2.67 bits per heavy atom. The van der Waals surface area contributed by atoms with Gasteiger partial charge >= 0.3 is 0 Å². The van der Waals surface area contributed by atoms with E-state index in [1.54, 1.807) is 36.3 Å². The summed E-state index contributed by atoms with van der Waals surface area (Å²) in [6.07, 6.45) is 0.350. The number of benzene rings is 2. The molecule has 9 nitrogen and oxygen atoms in total. The van der Waals surface area contributed by atoms with Gasteiger partial charge in [0.25, 0.3) is 11.6 Å². The summed E-state index contributed by atoms with van der Waals surface area (Å²) in [5.74, 6) is 0.503. The van der Waals surface area contributed by atoms with Crippen LogP contribution in [0.5, 0.6) is 0 Å². The van der Waals surface area contributed by atoms with Crippen LogP contribution in [-0.4, -0.2) is 52.7 Å². The summed E-state index contributed by atoms with van der Waals surface area (Å²) in [7, 11) is 1.58. The van der Waals surface area contributed by atoms with Crippen molar-refractivity contribution >= 4 is 11.6 Å². The first-order valence-electron chi connectivity index (χ1n) is 9.40. The van der Waals surface area contributed by atoms with E-state index in [1.165, 1.54) is 12.1 Å². The largest absolute Gasteiger partial charge is 0.383 e. The Hall–Kier alpha value is -3.59. The van der Waals surface area contributed by atoms with Crippen LogP contribution in [0.1, 0.15) is 21.8 Å². The van der Waals surface area contributed by atoms with E-state index in [0.717, 1.165) is 5.56 Å². The lowest BCUT2D eigenvalue weighted by molar-refractivity contribution is -0.384. The number of methoxy groups -OCH3 is 1. The lowest BCUT2D eigenvalue weighted by Crippen LogP contribution is -2.35. The molecule has 1 heterocycles. The quantitative estimate of drug-likeness (QED) is 0.393. The number of hydrogen-bond donors (Lipinski definition) is 0. The zero-order chi connectivity index (χ0) is 21.5. The molecule has 0 saturated heterocycles. The van der Waals surface area contributed by atoms with Crippen molar-refractivity contribution in [3.05, 3.63) is 75.7 Å². The minimum absolute atomic E-state index is 0.0479. The second kappa shape index (κ2) is 9.75. The average molecular weight is 410 g/mol. The number of amides is 1. The molecule has 0 fully saturated rings. The van der Waals surface area contributed by atoms with Crippen LogP contribution in [0.15, 0.2) is 53.1 Å². The van der Waals surface area contributed by atoms with Crippen LogP contribution in [0, 0.1) is 17.0 Å². The number of aryl methyl sites for hydroxylation is 1. The van der Waals surface area contributed by atoms with Gasteiger partial charge in [0.1, 0.15) is 0 Å². The van der Waals surface area contributed by atoms with Gasteiger partial charge in [0, 0.05) is 49.9 Å². The fourth-order valence-electron chi connectivity index (χ4n) is 2.86. The maximum Gasteiger partial charge on any atom is 0.270 e. The molecule has 0 saturated carbocycles. The third-order valence-corrected chi connectivity index (χ3v) is 4.53. The lowest BCUT2D eigenvalue weighted by Gasteiger charge is -2.21. The normalized spacial score (nSPS) is 10.7. The van der Waals surface area contributed by atoms with E-state index in [0.29, 0.717) is 43.1 Å². The highest BCUT2D eigenvalue weighted by atomic mass is 16.6. The van der Waals surface area contributed by atoms with Crippen molar-refractivity contribution in [1.82, 2.24) is 15.0 Å². The Kier molecular flexibility index (Phi) is 6.87. The summed E-state index contributed by atoms with van der Waals surface area (Å²) < 4.78 is 10.4. The molecule has 0 atom stereocenters. The van der Waals surface area contributed by atoms with E-state index in [4.69, 9.17) is 9.26 Å². The fourth-order valence-corrected chi connectivity index (χ4v) is 2.86. The summed E-state index contributed by atoms with van der Waals surface area (Å²) in [4.78, 5) is 29.3. The van der Waals surface area contributed by atoms with E-state index in [-0.39, 0.29) is 17.4 Å². The SMILES string of the molecule is COCCN(CCc1nc(-c2cccc([N+](=O)[O-])c2)no1)C(=O)c1ccc(C)cc1. The molecule has 3 rings (SSSR count). The van der Waals surface area contributed by atoms with Crippen LogP contribution in [0.2, 0.25) is 0 Å². The molecule has 1 aromatic heterocycles. The summed E-state index contributed by atoms with van der Waals surface area (Å²) >= 11 is 0. The predicted octanol–water partition coefficient (Wildman–Crippen LogP) is 3.28. The first-order valence-corrected chi connectivity index (χ1v) is 9.40. The average Bonchev–Trinajstić information content (AvgIpc) is 3.23. The first-order chi connectivity index (χ1) is 14.5. The van der Waals surface area contributed by atoms with Crippen molar-refractivity contribution in [2.45, 2.75) is 13.3 Å². The van der Waals surface area contributed by atoms with Crippen molar-refractivity contribution in [1.29, 1.82) is 0 Å². The van der Waals surface area contributed by atoms with E-state index in [9.17, 15) is 14.9 Å². The highest BCUT2D eigenvalue weighted by Crippen LogP contribution is 2.21. The number of carbonyl (C=O) groups excluding carboxylic acids is 1. The van der Waals surface area contributed by atoms with Gasteiger partial charge in [-0.15, -0.1) is 0 Å². The molecule has 0 aliphatic rings. The van der Waals surface area contributed by atoms with Gasteiger partial charge in [-0.25, -0.2) is 0 Å². The van der Waals surface area contributed by atoms with Crippen molar-refractivity contribution in [2.24, 2.45) is 0 Å². The van der Waals surface area contributed by atoms with E-state index < -0.39 is 4.92 Å². The summed E-state index contributed by atoms with van der Waals surface area (Å²) in [5, 5.41) is 14.8. The van der Waals surface area contributed by atoms with Crippen LogP contribution >= 0.6 is 0 Å². The van der Waals surface area contributed by atoms with Crippen LogP contribution in [0.3, 0.4) is 0 Å². The molecular formula is C21H22N4O5. The third kappa shape index (κ3) is 5.26. The molecular weight excluding hydrogens is 388 g/mol. The maximum absolute atomic E-state index is 12.9. The molecule has 30 heavy (non-hydrogen) atoms. The molecule has 0 aliphatic heterocycles. The number of nitro groups is 1. The summed E-state index contributed by atoms with van der Waals surface area (Å²) in [5.41, 5.74) is 2.12. The lowest BCUT2D eigenvalue weighted by atomic mass is 10.1. The Morgan fingerprint density at radius 1 is 1.20 bits per heavy atom. The molecule has 156 valence electrons. The fraction of sp³-hybridized carbons (Fsp3) is 0.286. The number of rotatable bonds is 9. The minimum atomic E-state index is -0.477. The molecule has 0 bridgehead atoms.